The summed E-state index contributed by atoms with van der Waals surface area (Å²) in [6.45, 7) is 7.48. The van der Waals surface area contributed by atoms with E-state index in [1.165, 1.54) is 32.1 Å². The van der Waals surface area contributed by atoms with Gasteiger partial charge in [0.25, 0.3) is 0 Å². The van der Waals surface area contributed by atoms with E-state index in [9.17, 15) is 0 Å². The van der Waals surface area contributed by atoms with Crippen molar-refractivity contribution in [1.82, 2.24) is 9.97 Å². The first-order valence-electron chi connectivity index (χ1n) is 8.36. The van der Waals surface area contributed by atoms with Gasteiger partial charge in [0.05, 0.1) is 0 Å². The van der Waals surface area contributed by atoms with Gasteiger partial charge in [-0.15, -0.1) is 0 Å². The molecule has 0 saturated carbocycles. The number of hydrogen-bond acceptors (Lipinski definition) is 5. The Morgan fingerprint density at radius 3 is 2.86 bits per heavy atom. The Morgan fingerprint density at radius 2 is 2.10 bits per heavy atom. The van der Waals surface area contributed by atoms with Gasteiger partial charge < -0.3 is 16.0 Å². The summed E-state index contributed by atoms with van der Waals surface area (Å²) in [4.78, 5) is 11.1. The highest BCUT2D eigenvalue weighted by Gasteiger charge is 2.18. The Hall–Kier alpha value is -1.52. The first kappa shape index (κ1) is 15.9. The number of aromatic nitrogens is 2. The van der Waals surface area contributed by atoms with Crippen molar-refractivity contribution in [3.63, 3.8) is 0 Å². The lowest BCUT2D eigenvalue weighted by Gasteiger charge is -2.22. The molecule has 0 amide bonds. The topological polar surface area (TPSA) is 67.1 Å². The summed E-state index contributed by atoms with van der Waals surface area (Å²) in [5, 5.41) is 3.30. The molecule has 1 saturated heterocycles. The van der Waals surface area contributed by atoms with Gasteiger partial charge in [0, 0.05) is 25.7 Å². The van der Waals surface area contributed by atoms with Gasteiger partial charge in [-0.3, -0.25) is 0 Å². The van der Waals surface area contributed by atoms with E-state index in [4.69, 9.17) is 5.73 Å². The Bertz CT molecular complexity index is 435. The maximum Gasteiger partial charge on any atom is 0.223 e. The second kappa shape index (κ2) is 8.05. The second-order valence-electron chi connectivity index (χ2n) is 5.97. The minimum Gasteiger partial charge on any atom is -0.370 e. The van der Waals surface area contributed by atoms with Gasteiger partial charge in [-0.1, -0.05) is 26.7 Å². The molecule has 1 atom stereocenters. The van der Waals surface area contributed by atoms with Crippen LogP contribution in [-0.4, -0.2) is 29.6 Å². The van der Waals surface area contributed by atoms with Crippen molar-refractivity contribution >= 4 is 17.6 Å². The molecule has 2 rings (SSSR count). The summed E-state index contributed by atoms with van der Waals surface area (Å²) < 4.78 is 0. The highest BCUT2D eigenvalue weighted by Crippen LogP contribution is 2.25. The summed E-state index contributed by atoms with van der Waals surface area (Å²) in [5.74, 6) is 3.05. The van der Waals surface area contributed by atoms with Gasteiger partial charge in [-0.2, -0.15) is 9.97 Å². The fourth-order valence-electron chi connectivity index (χ4n) is 3.05. The molecule has 0 aromatic carbocycles. The third-order valence-electron chi connectivity index (χ3n) is 4.15. The minimum atomic E-state index is 0.362. The van der Waals surface area contributed by atoms with Crippen LogP contribution < -0.4 is 16.0 Å². The molecule has 0 bridgehead atoms. The molecule has 1 aliphatic rings. The summed E-state index contributed by atoms with van der Waals surface area (Å²) in [6, 6.07) is 2.03. The molecule has 1 fully saturated rings. The third-order valence-corrected chi connectivity index (χ3v) is 4.15. The summed E-state index contributed by atoms with van der Waals surface area (Å²) >= 11 is 0. The van der Waals surface area contributed by atoms with E-state index in [-0.39, 0.29) is 0 Å². The normalized spacial score (nSPS) is 19.3. The second-order valence-corrected chi connectivity index (χ2v) is 5.97. The van der Waals surface area contributed by atoms with Crippen molar-refractivity contribution in [3.05, 3.63) is 6.07 Å². The van der Waals surface area contributed by atoms with E-state index in [1.807, 2.05) is 6.07 Å². The van der Waals surface area contributed by atoms with Crippen LogP contribution in [0.4, 0.5) is 17.6 Å². The minimum absolute atomic E-state index is 0.362. The van der Waals surface area contributed by atoms with Crippen LogP contribution in [0.1, 0.15) is 52.4 Å². The van der Waals surface area contributed by atoms with Crippen LogP contribution in [0.15, 0.2) is 6.07 Å². The molecular weight excluding hydrogens is 262 g/mol. The molecule has 3 N–H and O–H groups in total. The van der Waals surface area contributed by atoms with Gasteiger partial charge in [-0.05, 0) is 31.6 Å². The van der Waals surface area contributed by atoms with E-state index in [1.54, 1.807) is 0 Å². The maximum absolute atomic E-state index is 5.86. The van der Waals surface area contributed by atoms with Crippen LogP contribution in [0, 0.1) is 5.92 Å². The molecule has 0 aliphatic carbocycles. The van der Waals surface area contributed by atoms with Gasteiger partial charge in [0.15, 0.2) is 0 Å². The van der Waals surface area contributed by atoms with Crippen molar-refractivity contribution in [2.45, 2.75) is 52.4 Å². The van der Waals surface area contributed by atoms with E-state index < -0.39 is 0 Å². The van der Waals surface area contributed by atoms with Crippen molar-refractivity contribution in [1.29, 1.82) is 0 Å². The molecule has 1 aromatic heterocycles. The third kappa shape index (κ3) is 4.76. The Labute approximate surface area is 128 Å². The van der Waals surface area contributed by atoms with Gasteiger partial charge in [0.1, 0.15) is 11.6 Å². The molecule has 5 heteroatoms. The summed E-state index contributed by atoms with van der Waals surface area (Å²) in [5.41, 5.74) is 5.86. The lowest BCUT2D eigenvalue weighted by Crippen LogP contribution is -2.26. The maximum atomic E-state index is 5.86. The molecule has 21 heavy (non-hydrogen) atoms. The molecule has 0 radical (unpaired) electrons. The van der Waals surface area contributed by atoms with Crippen molar-refractivity contribution < 1.29 is 0 Å². The quantitative estimate of drug-likeness (QED) is 0.842. The summed E-state index contributed by atoms with van der Waals surface area (Å²) in [6.07, 6.45) is 7.55. The number of rotatable bonds is 6. The van der Waals surface area contributed by atoms with Crippen LogP contribution in [0.5, 0.6) is 0 Å². The van der Waals surface area contributed by atoms with E-state index in [0.717, 1.165) is 43.6 Å². The number of nitrogens with one attached hydrogen (secondary N) is 1. The van der Waals surface area contributed by atoms with Gasteiger partial charge in [0.2, 0.25) is 5.95 Å². The predicted octanol–water partition coefficient (Wildman–Crippen LogP) is 3.29. The van der Waals surface area contributed by atoms with Crippen molar-refractivity contribution in [3.8, 4) is 0 Å². The zero-order valence-electron chi connectivity index (χ0n) is 13.4. The molecule has 1 unspecified atom stereocenters. The monoisotopic (exact) mass is 291 g/mol. The number of anilines is 3. The molecule has 5 nitrogen and oxygen atoms in total. The average Bonchev–Trinajstić information content (AvgIpc) is 2.71. The van der Waals surface area contributed by atoms with E-state index in [0.29, 0.717) is 5.95 Å². The van der Waals surface area contributed by atoms with Crippen molar-refractivity contribution in [2.75, 3.05) is 35.6 Å². The average molecular weight is 291 g/mol. The molecule has 1 aliphatic heterocycles. The van der Waals surface area contributed by atoms with Gasteiger partial charge >= 0.3 is 0 Å². The Kier molecular flexibility index (Phi) is 6.08. The largest absolute Gasteiger partial charge is 0.370 e. The zero-order valence-corrected chi connectivity index (χ0v) is 13.4. The van der Waals surface area contributed by atoms with Crippen molar-refractivity contribution in [2.24, 2.45) is 5.92 Å². The van der Waals surface area contributed by atoms with E-state index in [2.05, 4.69) is 34.0 Å². The van der Waals surface area contributed by atoms with Crippen LogP contribution in [0.2, 0.25) is 0 Å². The molecule has 118 valence electrons. The molecular formula is C16H29N5. The van der Waals surface area contributed by atoms with Crippen LogP contribution in [-0.2, 0) is 0 Å². The fourth-order valence-corrected chi connectivity index (χ4v) is 3.05. The lowest BCUT2D eigenvalue weighted by molar-refractivity contribution is 0.435. The molecule has 2 heterocycles. The standard InChI is InChI=1S/C16H29N5/c1-3-6-13-7-5-10-21(11-8-13)15-12-14(18-9-4-2)19-16(17)20-15/h12-13H,3-11H2,1-2H3,(H3,17,18,19,20). The summed E-state index contributed by atoms with van der Waals surface area (Å²) in [7, 11) is 0. The number of nitrogen functional groups attached to an aromatic ring is 1. The van der Waals surface area contributed by atoms with Crippen LogP contribution >= 0.6 is 0 Å². The molecule has 0 spiro atoms. The van der Waals surface area contributed by atoms with Gasteiger partial charge in [-0.25, -0.2) is 0 Å². The number of nitrogens with two attached hydrogens (primary N) is 1. The Morgan fingerprint density at radius 1 is 1.24 bits per heavy atom. The first-order valence-corrected chi connectivity index (χ1v) is 8.36. The first-order chi connectivity index (χ1) is 10.2. The molecule has 1 aromatic rings. The Balaban J connectivity index is 2.04. The van der Waals surface area contributed by atoms with Crippen LogP contribution in [0.3, 0.4) is 0 Å². The highest BCUT2D eigenvalue weighted by atomic mass is 15.2. The number of nitrogens with zero attached hydrogens (tertiary/aromatic N) is 3. The SMILES string of the molecule is CCCNc1cc(N2CCCC(CCC)CC2)nc(N)n1. The smallest absolute Gasteiger partial charge is 0.223 e. The predicted molar refractivity (Wildman–Crippen MR) is 89.7 cm³/mol. The van der Waals surface area contributed by atoms with Crippen LogP contribution in [0.25, 0.3) is 0 Å². The number of hydrogen-bond donors (Lipinski definition) is 2. The van der Waals surface area contributed by atoms with E-state index >= 15 is 0 Å². The fraction of sp³-hybridized carbons (Fsp3) is 0.750. The highest BCUT2D eigenvalue weighted by molar-refractivity contribution is 5.52. The zero-order chi connectivity index (χ0) is 15.1. The lowest BCUT2D eigenvalue weighted by atomic mass is 9.96.